The number of hydrogen-bond acceptors (Lipinski definition) is 5. The molecular formula is C28H27ClN2O4S. The van der Waals surface area contributed by atoms with Gasteiger partial charge >= 0.3 is 5.97 Å². The van der Waals surface area contributed by atoms with Crippen LogP contribution in [0.15, 0.2) is 53.4 Å². The van der Waals surface area contributed by atoms with Crippen molar-refractivity contribution in [1.29, 1.82) is 0 Å². The van der Waals surface area contributed by atoms with Gasteiger partial charge in [0.15, 0.2) is 0 Å². The normalized spacial score (nSPS) is 11.5. The second-order valence-electron chi connectivity index (χ2n) is 8.89. The summed E-state index contributed by atoms with van der Waals surface area (Å²) in [5.74, 6) is -0.482. The number of rotatable bonds is 5. The molecule has 4 rings (SSSR count). The summed E-state index contributed by atoms with van der Waals surface area (Å²) in [6.45, 7) is 9.31. The lowest BCUT2D eigenvalue weighted by Gasteiger charge is -2.18. The number of benzene rings is 3. The van der Waals surface area contributed by atoms with Crippen LogP contribution < -0.4 is 4.72 Å². The van der Waals surface area contributed by atoms with Crippen molar-refractivity contribution < 1.29 is 17.9 Å². The minimum atomic E-state index is -3.89. The van der Waals surface area contributed by atoms with E-state index in [1.54, 1.807) is 30.3 Å². The Kier molecular flexibility index (Phi) is 6.82. The topological polar surface area (TPSA) is 85.4 Å². The second kappa shape index (κ2) is 9.56. The van der Waals surface area contributed by atoms with Crippen molar-refractivity contribution >= 4 is 44.2 Å². The maximum atomic E-state index is 13.6. The van der Waals surface area contributed by atoms with Crippen LogP contribution in [0.25, 0.3) is 22.0 Å². The molecule has 1 aromatic heterocycles. The van der Waals surface area contributed by atoms with E-state index in [9.17, 15) is 13.2 Å². The Balaban J connectivity index is 1.91. The smallest absolute Gasteiger partial charge is 0.337 e. The van der Waals surface area contributed by atoms with Crippen LogP contribution in [-0.2, 0) is 14.8 Å². The van der Waals surface area contributed by atoms with E-state index < -0.39 is 16.0 Å². The van der Waals surface area contributed by atoms with Crippen molar-refractivity contribution in [2.45, 2.75) is 39.5 Å². The zero-order chi connectivity index (χ0) is 26.4. The highest BCUT2D eigenvalue weighted by Gasteiger charge is 2.24. The van der Waals surface area contributed by atoms with Crippen LogP contribution in [0, 0.1) is 34.6 Å². The zero-order valence-corrected chi connectivity index (χ0v) is 22.6. The van der Waals surface area contributed by atoms with Crippen LogP contribution in [-0.4, -0.2) is 26.5 Å². The molecule has 1 heterocycles. The molecule has 0 aliphatic rings. The maximum absolute atomic E-state index is 13.6. The number of nitrogens with zero attached hydrogens (tertiary/aromatic N) is 1. The van der Waals surface area contributed by atoms with Gasteiger partial charge in [-0.05, 0) is 93.3 Å². The third-order valence-electron chi connectivity index (χ3n) is 6.48. The first kappa shape index (κ1) is 25.7. The van der Waals surface area contributed by atoms with E-state index in [2.05, 4.69) is 4.72 Å². The molecule has 0 unspecified atom stereocenters. The largest absolute Gasteiger partial charge is 0.465 e. The van der Waals surface area contributed by atoms with Crippen LogP contribution in [0.4, 0.5) is 5.69 Å². The Bertz CT molecular complexity index is 1620. The van der Waals surface area contributed by atoms with Gasteiger partial charge < -0.3 is 4.74 Å². The van der Waals surface area contributed by atoms with Crippen molar-refractivity contribution in [3.05, 3.63) is 87.1 Å². The van der Waals surface area contributed by atoms with Gasteiger partial charge in [-0.2, -0.15) is 0 Å². The number of carbonyl (C=O) groups is 1. The molecule has 4 aromatic rings. The number of aromatic nitrogens is 1. The van der Waals surface area contributed by atoms with E-state index in [0.29, 0.717) is 49.4 Å². The Labute approximate surface area is 216 Å². The van der Waals surface area contributed by atoms with Gasteiger partial charge in [0.2, 0.25) is 0 Å². The Morgan fingerprint density at radius 2 is 1.56 bits per heavy atom. The lowest BCUT2D eigenvalue weighted by atomic mass is 9.99. The summed E-state index contributed by atoms with van der Waals surface area (Å²) >= 11 is 6.52. The van der Waals surface area contributed by atoms with Gasteiger partial charge in [0.1, 0.15) is 0 Å². The number of pyridine rings is 1. The van der Waals surface area contributed by atoms with Crippen LogP contribution >= 0.6 is 11.6 Å². The number of hydrogen-bond donors (Lipinski definition) is 1. The lowest BCUT2D eigenvalue weighted by Crippen LogP contribution is -2.17. The van der Waals surface area contributed by atoms with Gasteiger partial charge in [0.25, 0.3) is 10.0 Å². The van der Waals surface area contributed by atoms with Gasteiger partial charge in [-0.15, -0.1) is 0 Å². The average molecular weight is 523 g/mol. The lowest BCUT2D eigenvalue weighted by molar-refractivity contribution is 0.0600. The molecule has 6 nitrogen and oxygen atoms in total. The number of sulfonamides is 1. The molecule has 0 saturated carbocycles. The van der Waals surface area contributed by atoms with Crippen molar-refractivity contribution in [1.82, 2.24) is 4.98 Å². The third-order valence-corrected chi connectivity index (χ3v) is 8.45. The molecule has 0 spiro atoms. The standard InChI is InChI=1S/C28H27ClN2O4S/c1-15-13-16(2)19(5)27(18(15)4)36(33,34)31-25-12-10-21(26-22(25)9-7-17(3)30-26)23-14-20(28(32)35-6)8-11-24(23)29/h7-14,31H,1-6H3. The van der Waals surface area contributed by atoms with E-state index in [4.69, 9.17) is 21.3 Å². The van der Waals surface area contributed by atoms with Gasteiger partial charge in [0, 0.05) is 27.2 Å². The molecule has 0 aliphatic heterocycles. The van der Waals surface area contributed by atoms with Crippen molar-refractivity contribution in [2.24, 2.45) is 0 Å². The molecular weight excluding hydrogens is 496 g/mol. The summed E-state index contributed by atoms with van der Waals surface area (Å²) in [6.07, 6.45) is 0. The highest BCUT2D eigenvalue weighted by atomic mass is 35.5. The first-order valence-corrected chi connectivity index (χ1v) is 13.2. The predicted molar refractivity (Wildman–Crippen MR) is 144 cm³/mol. The van der Waals surface area contributed by atoms with Gasteiger partial charge in [-0.1, -0.05) is 23.7 Å². The third kappa shape index (κ3) is 4.56. The van der Waals surface area contributed by atoms with Crippen LogP contribution in [0.5, 0.6) is 0 Å². The number of methoxy groups -OCH3 is 1. The quantitative estimate of drug-likeness (QED) is 0.295. The maximum Gasteiger partial charge on any atom is 0.337 e. The number of anilines is 1. The molecule has 1 N–H and O–H groups in total. The monoisotopic (exact) mass is 522 g/mol. The minimum absolute atomic E-state index is 0.283. The molecule has 186 valence electrons. The number of aryl methyl sites for hydroxylation is 3. The highest BCUT2D eigenvalue weighted by Crippen LogP contribution is 2.38. The SMILES string of the molecule is COC(=O)c1ccc(Cl)c(-c2ccc(NS(=O)(=O)c3c(C)c(C)cc(C)c3C)c3ccc(C)nc23)c1. The molecule has 3 aromatic carbocycles. The first-order chi connectivity index (χ1) is 16.9. The molecule has 0 bridgehead atoms. The Morgan fingerprint density at radius 1 is 0.889 bits per heavy atom. The Hall–Kier alpha value is -3.42. The molecule has 0 saturated heterocycles. The summed E-state index contributed by atoms with van der Waals surface area (Å²) in [6, 6.07) is 14.0. The second-order valence-corrected chi connectivity index (χ2v) is 10.9. The number of esters is 1. The van der Waals surface area contributed by atoms with Crippen molar-refractivity contribution in [2.75, 3.05) is 11.8 Å². The van der Waals surface area contributed by atoms with Gasteiger partial charge in [-0.25, -0.2) is 13.2 Å². The Morgan fingerprint density at radius 3 is 2.19 bits per heavy atom. The van der Waals surface area contributed by atoms with E-state index in [1.807, 2.05) is 52.8 Å². The minimum Gasteiger partial charge on any atom is -0.465 e. The molecule has 0 radical (unpaired) electrons. The van der Waals surface area contributed by atoms with Crippen molar-refractivity contribution in [3.63, 3.8) is 0 Å². The fraction of sp³-hybridized carbons (Fsp3) is 0.214. The number of halogens is 1. The molecule has 8 heteroatoms. The molecule has 0 fully saturated rings. The van der Waals surface area contributed by atoms with Crippen LogP contribution in [0.2, 0.25) is 5.02 Å². The summed E-state index contributed by atoms with van der Waals surface area (Å²) in [5.41, 5.74) is 6.59. The first-order valence-electron chi connectivity index (χ1n) is 11.3. The van der Waals surface area contributed by atoms with Crippen molar-refractivity contribution in [3.8, 4) is 11.1 Å². The summed E-state index contributed by atoms with van der Waals surface area (Å²) in [4.78, 5) is 17.1. The van der Waals surface area contributed by atoms with Crippen LogP contribution in [0.1, 0.15) is 38.3 Å². The number of carbonyl (C=O) groups excluding carboxylic acids is 1. The van der Waals surface area contributed by atoms with E-state index in [1.165, 1.54) is 7.11 Å². The van der Waals surface area contributed by atoms with Crippen LogP contribution in [0.3, 0.4) is 0 Å². The predicted octanol–water partition coefficient (Wildman–Crippen LogP) is 6.68. The van der Waals surface area contributed by atoms with E-state index in [-0.39, 0.29) is 4.90 Å². The number of ether oxygens (including phenoxy) is 1. The number of nitrogens with one attached hydrogen (secondary N) is 1. The van der Waals surface area contributed by atoms with E-state index >= 15 is 0 Å². The number of fused-ring (bicyclic) bond motifs is 1. The summed E-state index contributed by atoms with van der Waals surface area (Å²) in [7, 11) is -2.58. The summed E-state index contributed by atoms with van der Waals surface area (Å²) in [5, 5.41) is 1.04. The average Bonchev–Trinajstić information content (AvgIpc) is 2.82. The highest BCUT2D eigenvalue weighted by molar-refractivity contribution is 7.92. The fourth-order valence-corrected chi connectivity index (χ4v) is 6.29. The summed E-state index contributed by atoms with van der Waals surface area (Å²) < 4.78 is 34.9. The van der Waals surface area contributed by atoms with E-state index in [0.717, 1.165) is 16.8 Å². The fourth-order valence-electron chi connectivity index (χ4n) is 4.38. The van der Waals surface area contributed by atoms with Gasteiger partial charge in [0.05, 0.1) is 28.8 Å². The zero-order valence-electron chi connectivity index (χ0n) is 21.0. The van der Waals surface area contributed by atoms with Gasteiger partial charge in [-0.3, -0.25) is 9.71 Å². The molecule has 36 heavy (non-hydrogen) atoms. The molecule has 0 amide bonds. The molecule has 0 aliphatic carbocycles. The molecule has 0 atom stereocenters.